The van der Waals surface area contributed by atoms with Gasteiger partial charge in [-0.1, -0.05) is 25.8 Å². The highest BCUT2D eigenvalue weighted by Gasteiger charge is 2.00. The largest absolute Gasteiger partial charge is 0.431 e. The minimum Gasteiger partial charge on any atom is -0.431 e. The first kappa shape index (κ1) is 12.9. The van der Waals surface area contributed by atoms with Crippen molar-refractivity contribution in [3.05, 3.63) is 24.0 Å². The van der Waals surface area contributed by atoms with Crippen molar-refractivity contribution >= 4 is 5.97 Å². The van der Waals surface area contributed by atoms with Crippen molar-refractivity contribution in [2.45, 2.75) is 46.5 Å². The molecule has 14 heavy (non-hydrogen) atoms. The number of unbranched alkanes of at least 4 members (excludes halogenated alkanes) is 3. The van der Waals surface area contributed by atoms with E-state index >= 15 is 0 Å². The van der Waals surface area contributed by atoms with E-state index in [0.29, 0.717) is 5.57 Å². The highest BCUT2D eigenvalue weighted by atomic mass is 16.5. The summed E-state index contributed by atoms with van der Waals surface area (Å²) in [5.74, 6) is -0.265. The van der Waals surface area contributed by atoms with E-state index in [9.17, 15) is 4.79 Å². The third-order valence-electron chi connectivity index (χ3n) is 2.00. The Labute approximate surface area is 86.6 Å². The summed E-state index contributed by atoms with van der Waals surface area (Å²) >= 11 is 0. The van der Waals surface area contributed by atoms with Gasteiger partial charge in [-0.25, -0.2) is 4.79 Å². The Morgan fingerprint density at radius 3 is 2.64 bits per heavy atom. The van der Waals surface area contributed by atoms with Crippen LogP contribution < -0.4 is 0 Å². The van der Waals surface area contributed by atoms with E-state index in [-0.39, 0.29) is 5.97 Å². The Kier molecular flexibility index (Phi) is 7.90. The second kappa shape index (κ2) is 8.54. The van der Waals surface area contributed by atoms with Crippen molar-refractivity contribution in [2.75, 3.05) is 0 Å². The molecule has 0 aromatic heterocycles. The Balaban J connectivity index is 3.57. The lowest BCUT2D eigenvalue weighted by atomic mass is 10.2. The van der Waals surface area contributed by atoms with Crippen LogP contribution in [-0.4, -0.2) is 5.97 Å². The summed E-state index contributed by atoms with van der Waals surface area (Å²) in [4.78, 5) is 11.1. The molecule has 0 aromatic rings. The molecular formula is C12H20O2. The zero-order valence-electron chi connectivity index (χ0n) is 9.38. The van der Waals surface area contributed by atoms with Gasteiger partial charge in [-0.15, -0.1) is 0 Å². The van der Waals surface area contributed by atoms with E-state index in [4.69, 9.17) is 4.74 Å². The maximum Gasteiger partial charge on any atom is 0.338 e. The van der Waals surface area contributed by atoms with E-state index in [1.165, 1.54) is 19.1 Å². The normalized spacial score (nSPS) is 12.1. The van der Waals surface area contributed by atoms with Gasteiger partial charge in [-0.05, 0) is 32.8 Å². The summed E-state index contributed by atoms with van der Waals surface area (Å²) in [5, 5.41) is 0. The van der Waals surface area contributed by atoms with Crippen molar-refractivity contribution in [3.8, 4) is 0 Å². The molecule has 0 N–H and O–H groups in total. The van der Waals surface area contributed by atoms with Crippen LogP contribution in [0.5, 0.6) is 0 Å². The fourth-order valence-corrected chi connectivity index (χ4v) is 0.901. The molecule has 0 aliphatic carbocycles. The van der Waals surface area contributed by atoms with E-state index in [1.807, 2.05) is 13.0 Å². The van der Waals surface area contributed by atoms with Gasteiger partial charge >= 0.3 is 5.97 Å². The molecule has 0 saturated carbocycles. The van der Waals surface area contributed by atoms with Crippen molar-refractivity contribution in [3.63, 3.8) is 0 Å². The van der Waals surface area contributed by atoms with E-state index in [1.54, 1.807) is 13.0 Å². The van der Waals surface area contributed by atoms with Gasteiger partial charge in [0.15, 0.2) is 0 Å². The molecule has 2 nitrogen and oxygen atoms in total. The summed E-state index contributed by atoms with van der Waals surface area (Å²) in [6.07, 6.45) is 9.72. The second-order valence-electron chi connectivity index (χ2n) is 3.24. The quantitative estimate of drug-likeness (QED) is 0.281. The molecular weight excluding hydrogens is 176 g/mol. The van der Waals surface area contributed by atoms with Gasteiger partial charge in [-0.3, -0.25) is 0 Å². The molecule has 0 heterocycles. The molecule has 0 fully saturated rings. The van der Waals surface area contributed by atoms with Gasteiger partial charge < -0.3 is 4.74 Å². The van der Waals surface area contributed by atoms with Crippen molar-refractivity contribution in [1.82, 2.24) is 0 Å². The molecule has 0 aliphatic rings. The Morgan fingerprint density at radius 1 is 1.36 bits per heavy atom. The molecule has 0 amide bonds. The topological polar surface area (TPSA) is 26.3 Å². The zero-order chi connectivity index (χ0) is 10.8. The Bertz CT molecular complexity index is 214. The Hall–Kier alpha value is -1.05. The second-order valence-corrected chi connectivity index (χ2v) is 3.24. The molecule has 0 radical (unpaired) electrons. The van der Waals surface area contributed by atoms with E-state index in [0.717, 1.165) is 12.8 Å². The van der Waals surface area contributed by atoms with Gasteiger partial charge in [0, 0.05) is 5.57 Å². The van der Waals surface area contributed by atoms with Crippen molar-refractivity contribution < 1.29 is 9.53 Å². The number of hydrogen-bond acceptors (Lipinski definition) is 2. The summed E-state index contributed by atoms with van der Waals surface area (Å²) in [7, 11) is 0. The molecule has 0 unspecified atom stereocenters. The van der Waals surface area contributed by atoms with Gasteiger partial charge in [-0.2, -0.15) is 0 Å². The summed E-state index contributed by atoms with van der Waals surface area (Å²) in [6, 6.07) is 0. The molecule has 80 valence electrons. The number of carbonyl (C=O) groups is 1. The van der Waals surface area contributed by atoms with Gasteiger partial charge in [0.2, 0.25) is 0 Å². The maximum atomic E-state index is 11.1. The van der Waals surface area contributed by atoms with Gasteiger partial charge in [0.25, 0.3) is 0 Å². The SMILES string of the molecule is CC=C(C)C(=O)OC=CCCCCC. The van der Waals surface area contributed by atoms with E-state index < -0.39 is 0 Å². The standard InChI is InChI=1S/C12H20O2/c1-4-6-7-8-9-10-14-12(13)11(3)5-2/h5,9-10H,4,6-8H2,1-3H3. The third-order valence-corrected chi connectivity index (χ3v) is 2.00. The highest BCUT2D eigenvalue weighted by molar-refractivity contribution is 5.87. The Morgan fingerprint density at radius 2 is 2.07 bits per heavy atom. The van der Waals surface area contributed by atoms with Crippen molar-refractivity contribution in [2.24, 2.45) is 0 Å². The number of hydrogen-bond donors (Lipinski definition) is 0. The molecule has 0 atom stereocenters. The fraction of sp³-hybridized carbons (Fsp3) is 0.583. The average molecular weight is 196 g/mol. The number of ether oxygens (including phenoxy) is 1. The molecule has 0 spiro atoms. The molecule has 0 bridgehead atoms. The van der Waals surface area contributed by atoms with E-state index in [2.05, 4.69) is 6.92 Å². The maximum absolute atomic E-state index is 11.1. The van der Waals surface area contributed by atoms with Crippen LogP contribution in [0.2, 0.25) is 0 Å². The first-order valence-electron chi connectivity index (χ1n) is 5.21. The van der Waals surface area contributed by atoms with Crippen LogP contribution in [0, 0.1) is 0 Å². The third kappa shape index (κ3) is 6.46. The minimum atomic E-state index is -0.265. The summed E-state index contributed by atoms with van der Waals surface area (Å²) in [6.45, 7) is 5.73. The number of carbonyl (C=O) groups excluding carboxylic acids is 1. The molecule has 0 aromatic carbocycles. The zero-order valence-corrected chi connectivity index (χ0v) is 9.38. The van der Waals surface area contributed by atoms with Crippen LogP contribution in [0.1, 0.15) is 46.5 Å². The van der Waals surface area contributed by atoms with Crippen LogP contribution in [-0.2, 0) is 9.53 Å². The van der Waals surface area contributed by atoms with Gasteiger partial charge in [0.05, 0.1) is 6.26 Å². The van der Waals surface area contributed by atoms with Crippen LogP contribution in [0.15, 0.2) is 24.0 Å². The van der Waals surface area contributed by atoms with Crippen LogP contribution in [0.25, 0.3) is 0 Å². The lowest BCUT2D eigenvalue weighted by Crippen LogP contribution is -2.00. The average Bonchev–Trinajstić information content (AvgIpc) is 2.21. The lowest BCUT2D eigenvalue weighted by molar-refractivity contribution is -0.133. The predicted molar refractivity (Wildman–Crippen MR) is 58.8 cm³/mol. The number of esters is 1. The van der Waals surface area contributed by atoms with Gasteiger partial charge in [0.1, 0.15) is 0 Å². The molecule has 0 saturated heterocycles. The first-order valence-corrected chi connectivity index (χ1v) is 5.21. The predicted octanol–water partition coefficient (Wildman–Crippen LogP) is 3.59. The lowest BCUT2D eigenvalue weighted by Gasteiger charge is -1.97. The highest BCUT2D eigenvalue weighted by Crippen LogP contribution is 2.01. The molecule has 0 aliphatic heterocycles. The molecule has 0 rings (SSSR count). The summed E-state index contributed by atoms with van der Waals surface area (Å²) < 4.78 is 4.89. The van der Waals surface area contributed by atoms with Crippen LogP contribution >= 0.6 is 0 Å². The van der Waals surface area contributed by atoms with Crippen LogP contribution in [0.4, 0.5) is 0 Å². The van der Waals surface area contributed by atoms with Crippen molar-refractivity contribution in [1.29, 1.82) is 0 Å². The number of allylic oxidation sites excluding steroid dienone is 2. The minimum absolute atomic E-state index is 0.265. The molecule has 2 heteroatoms. The summed E-state index contributed by atoms with van der Waals surface area (Å²) in [5.41, 5.74) is 0.642. The smallest absolute Gasteiger partial charge is 0.338 e. The first-order chi connectivity index (χ1) is 6.72. The monoisotopic (exact) mass is 196 g/mol. The van der Waals surface area contributed by atoms with Crippen LogP contribution in [0.3, 0.4) is 0 Å². The number of rotatable bonds is 6. The fourth-order valence-electron chi connectivity index (χ4n) is 0.901.